The van der Waals surface area contributed by atoms with Crippen molar-refractivity contribution in [1.82, 2.24) is 15.1 Å². The van der Waals surface area contributed by atoms with Crippen LogP contribution in [-0.2, 0) is 0 Å². The second-order valence-corrected chi connectivity index (χ2v) is 8.39. The Kier molecular flexibility index (Phi) is 6.64. The monoisotopic (exact) mass is 388 g/mol. The molecule has 1 saturated heterocycles. The summed E-state index contributed by atoms with van der Waals surface area (Å²) in [6, 6.07) is 13.2. The van der Waals surface area contributed by atoms with Gasteiger partial charge in [0.1, 0.15) is 0 Å². The van der Waals surface area contributed by atoms with E-state index in [-0.39, 0.29) is 6.04 Å². The van der Waals surface area contributed by atoms with E-state index in [1.165, 1.54) is 10.4 Å². The summed E-state index contributed by atoms with van der Waals surface area (Å²) in [6.45, 7) is 8.72. The predicted molar refractivity (Wildman–Crippen MR) is 116 cm³/mol. The van der Waals surface area contributed by atoms with Gasteiger partial charge in [-0.1, -0.05) is 24.3 Å². The van der Waals surface area contributed by atoms with Crippen molar-refractivity contribution in [3.63, 3.8) is 0 Å². The highest BCUT2D eigenvalue weighted by Gasteiger charge is 2.29. The molecule has 0 spiro atoms. The molecule has 140 valence electrons. The van der Waals surface area contributed by atoms with Crippen LogP contribution < -0.4 is 10.6 Å². The first kappa shape index (κ1) is 19.3. The van der Waals surface area contributed by atoms with Gasteiger partial charge >= 0.3 is 0 Å². The average Bonchev–Trinajstić information content (AvgIpc) is 3.13. The molecule has 1 fully saturated rings. The molecule has 2 atom stereocenters. The van der Waals surface area contributed by atoms with Crippen LogP contribution in [0.25, 0.3) is 0 Å². The number of anilines is 1. The van der Waals surface area contributed by atoms with Gasteiger partial charge in [0.2, 0.25) is 0 Å². The van der Waals surface area contributed by atoms with E-state index in [0.717, 1.165) is 31.9 Å². The summed E-state index contributed by atoms with van der Waals surface area (Å²) in [5.41, 5.74) is 2.25. The van der Waals surface area contributed by atoms with Crippen LogP contribution in [0, 0.1) is 6.92 Å². The lowest BCUT2D eigenvalue weighted by atomic mass is 10.1. The van der Waals surface area contributed by atoms with E-state index in [2.05, 4.69) is 71.0 Å². The maximum Gasteiger partial charge on any atom is 0.171 e. The third-order valence-electron chi connectivity index (χ3n) is 4.99. The zero-order valence-electron chi connectivity index (χ0n) is 15.7. The zero-order valence-corrected chi connectivity index (χ0v) is 17.4. The molecular weight excluding hydrogens is 360 g/mol. The molecule has 6 heteroatoms. The van der Waals surface area contributed by atoms with Gasteiger partial charge in [0.15, 0.2) is 5.11 Å². The largest absolute Gasteiger partial charge is 0.358 e. The lowest BCUT2D eigenvalue weighted by Gasteiger charge is -2.40. The van der Waals surface area contributed by atoms with E-state index in [1.807, 2.05) is 23.5 Å². The highest BCUT2D eigenvalue weighted by atomic mass is 32.1. The molecule has 1 aromatic carbocycles. The molecule has 2 heterocycles. The number of likely N-dealkylation sites (N-methyl/N-ethyl adjacent to an activating group) is 1. The Morgan fingerprint density at radius 2 is 1.85 bits per heavy atom. The van der Waals surface area contributed by atoms with Gasteiger partial charge in [-0.25, -0.2) is 0 Å². The van der Waals surface area contributed by atoms with Crippen molar-refractivity contribution in [2.24, 2.45) is 0 Å². The molecule has 1 aliphatic heterocycles. The molecule has 0 radical (unpaired) electrons. The van der Waals surface area contributed by atoms with E-state index < -0.39 is 0 Å². The normalized spacial score (nSPS) is 18.3. The Morgan fingerprint density at radius 1 is 1.12 bits per heavy atom. The third kappa shape index (κ3) is 4.82. The topological polar surface area (TPSA) is 30.5 Å². The van der Waals surface area contributed by atoms with Crippen molar-refractivity contribution in [3.8, 4) is 0 Å². The van der Waals surface area contributed by atoms with Crippen LogP contribution in [0.5, 0.6) is 0 Å². The number of piperazine rings is 1. The van der Waals surface area contributed by atoms with Crippen LogP contribution in [0.15, 0.2) is 41.8 Å². The van der Waals surface area contributed by atoms with Gasteiger partial charge in [-0.15, -0.1) is 11.3 Å². The summed E-state index contributed by atoms with van der Waals surface area (Å²) < 4.78 is 0. The molecule has 26 heavy (non-hydrogen) atoms. The third-order valence-corrected chi connectivity index (χ3v) is 6.15. The van der Waals surface area contributed by atoms with Gasteiger partial charge < -0.3 is 15.5 Å². The fourth-order valence-corrected chi connectivity index (χ4v) is 4.72. The van der Waals surface area contributed by atoms with Gasteiger partial charge in [0.25, 0.3) is 0 Å². The predicted octanol–water partition coefficient (Wildman–Crippen LogP) is 3.72. The number of nitrogens with zero attached hydrogens (tertiary/aromatic N) is 2. The Hall–Kier alpha value is -1.47. The standard InChI is InChI=1S/C20H28N4S2/c1-15-7-4-5-8-17(15)22-20(25)21-16(2)19(18-9-6-14-26-18)24-12-10-23(3)11-13-24/h4-9,14,16,19H,10-13H2,1-3H3,(H2,21,22,25). The number of thiocarbonyl (C=S) groups is 1. The van der Waals surface area contributed by atoms with Gasteiger partial charge in [0, 0.05) is 42.8 Å². The van der Waals surface area contributed by atoms with Gasteiger partial charge in [-0.2, -0.15) is 0 Å². The Balaban J connectivity index is 1.68. The summed E-state index contributed by atoms with van der Waals surface area (Å²) in [7, 11) is 2.19. The van der Waals surface area contributed by atoms with E-state index in [4.69, 9.17) is 12.2 Å². The summed E-state index contributed by atoms with van der Waals surface area (Å²) in [5.74, 6) is 0. The van der Waals surface area contributed by atoms with Crippen molar-refractivity contribution < 1.29 is 0 Å². The molecule has 4 nitrogen and oxygen atoms in total. The molecule has 0 saturated carbocycles. The zero-order chi connectivity index (χ0) is 18.5. The van der Waals surface area contributed by atoms with E-state index >= 15 is 0 Å². The summed E-state index contributed by atoms with van der Waals surface area (Å²) in [4.78, 5) is 6.37. The molecule has 3 rings (SSSR count). The molecular formula is C20H28N4S2. The van der Waals surface area contributed by atoms with Crippen LogP contribution in [0.3, 0.4) is 0 Å². The molecule has 0 aliphatic carbocycles. The van der Waals surface area contributed by atoms with Gasteiger partial charge in [-0.05, 0) is 56.2 Å². The second-order valence-electron chi connectivity index (χ2n) is 7.00. The quantitative estimate of drug-likeness (QED) is 0.763. The molecule has 0 amide bonds. The van der Waals surface area contributed by atoms with Crippen LogP contribution in [0.1, 0.15) is 23.4 Å². The van der Waals surface area contributed by atoms with Gasteiger partial charge in [-0.3, -0.25) is 4.90 Å². The summed E-state index contributed by atoms with van der Waals surface area (Å²) in [5, 5.41) is 9.72. The minimum absolute atomic E-state index is 0.223. The number of hydrogen-bond acceptors (Lipinski definition) is 4. The highest BCUT2D eigenvalue weighted by Crippen LogP contribution is 2.29. The van der Waals surface area contributed by atoms with Crippen molar-refractivity contribution >= 4 is 34.4 Å². The van der Waals surface area contributed by atoms with E-state index in [1.54, 1.807) is 0 Å². The number of hydrogen-bond donors (Lipinski definition) is 2. The summed E-state index contributed by atoms with van der Waals surface area (Å²) >= 11 is 7.42. The van der Waals surface area contributed by atoms with Crippen LogP contribution in [0.2, 0.25) is 0 Å². The Labute approximate surface area is 166 Å². The van der Waals surface area contributed by atoms with Crippen LogP contribution in [-0.4, -0.2) is 54.2 Å². The molecule has 1 aliphatic rings. The molecule has 2 unspecified atom stereocenters. The van der Waals surface area contributed by atoms with Crippen molar-refractivity contribution in [2.75, 3.05) is 38.5 Å². The fourth-order valence-electron chi connectivity index (χ4n) is 3.46. The SMILES string of the molecule is Cc1ccccc1NC(=S)NC(C)C(c1cccs1)N1CCN(C)CC1. The lowest BCUT2D eigenvalue weighted by molar-refractivity contribution is 0.0990. The van der Waals surface area contributed by atoms with E-state index in [9.17, 15) is 0 Å². The average molecular weight is 389 g/mol. The minimum Gasteiger partial charge on any atom is -0.358 e. The Bertz CT molecular complexity index is 708. The first-order chi connectivity index (χ1) is 12.5. The second kappa shape index (κ2) is 8.95. The number of aryl methyl sites for hydroxylation is 1. The van der Waals surface area contributed by atoms with Crippen LogP contribution >= 0.6 is 23.6 Å². The Morgan fingerprint density at radius 3 is 2.50 bits per heavy atom. The van der Waals surface area contributed by atoms with Crippen molar-refractivity contribution in [3.05, 3.63) is 52.2 Å². The smallest absolute Gasteiger partial charge is 0.171 e. The number of nitrogens with one attached hydrogen (secondary N) is 2. The maximum atomic E-state index is 5.60. The summed E-state index contributed by atoms with van der Waals surface area (Å²) in [6.07, 6.45) is 0. The fraction of sp³-hybridized carbons (Fsp3) is 0.450. The van der Waals surface area contributed by atoms with Gasteiger partial charge in [0.05, 0.1) is 6.04 Å². The highest BCUT2D eigenvalue weighted by molar-refractivity contribution is 7.80. The maximum absolute atomic E-state index is 5.60. The lowest BCUT2D eigenvalue weighted by Crippen LogP contribution is -2.51. The van der Waals surface area contributed by atoms with Crippen molar-refractivity contribution in [1.29, 1.82) is 0 Å². The van der Waals surface area contributed by atoms with E-state index in [0.29, 0.717) is 11.2 Å². The minimum atomic E-state index is 0.223. The number of benzene rings is 1. The first-order valence-electron chi connectivity index (χ1n) is 9.14. The molecule has 0 bridgehead atoms. The van der Waals surface area contributed by atoms with Crippen LogP contribution in [0.4, 0.5) is 5.69 Å². The molecule has 1 aromatic heterocycles. The number of rotatable bonds is 5. The van der Waals surface area contributed by atoms with Crippen molar-refractivity contribution in [2.45, 2.75) is 25.9 Å². The number of para-hydroxylation sites is 1. The molecule has 2 N–H and O–H groups in total. The molecule has 2 aromatic rings. The number of thiophene rings is 1. The first-order valence-corrected chi connectivity index (χ1v) is 10.4.